The summed E-state index contributed by atoms with van der Waals surface area (Å²) in [5.41, 5.74) is 1.81. The average molecular weight is 265 g/mol. The number of hydrogen-bond donors (Lipinski definition) is 1. The molecule has 1 heterocycles. The van der Waals surface area contributed by atoms with Gasteiger partial charge in [-0.3, -0.25) is 10.1 Å². The lowest BCUT2D eigenvalue weighted by molar-refractivity contribution is -0.116. The first-order valence-corrected chi connectivity index (χ1v) is 5.99. The van der Waals surface area contributed by atoms with E-state index in [0.29, 0.717) is 23.7 Å². The second kappa shape index (κ2) is 5.69. The van der Waals surface area contributed by atoms with Crippen molar-refractivity contribution in [3.05, 3.63) is 46.6 Å². The van der Waals surface area contributed by atoms with Gasteiger partial charge in [-0.25, -0.2) is 0 Å². The first-order valence-electron chi connectivity index (χ1n) is 5.61. The highest BCUT2D eigenvalue weighted by molar-refractivity contribution is 6.30. The van der Waals surface area contributed by atoms with E-state index < -0.39 is 0 Å². The van der Waals surface area contributed by atoms with E-state index >= 15 is 0 Å². The van der Waals surface area contributed by atoms with Crippen LogP contribution in [-0.2, 0) is 11.2 Å². The highest BCUT2D eigenvalue weighted by Gasteiger charge is 2.06. The number of rotatable bonds is 4. The van der Waals surface area contributed by atoms with Gasteiger partial charge in [0.05, 0.1) is 5.69 Å². The minimum Gasteiger partial charge on any atom is -0.338 e. The van der Waals surface area contributed by atoms with E-state index in [1.54, 1.807) is 13.0 Å². The Labute approximate surface area is 110 Å². The molecule has 0 saturated carbocycles. The van der Waals surface area contributed by atoms with Gasteiger partial charge in [-0.2, -0.15) is 0 Å². The summed E-state index contributed by atoms with van der Waals surface area (Å²) in [7, 11) is 0. The van der Waals surface area contributed by atoms with Crippen molar-refractivity contribution in [1.29, 1.82) is 0 Å². The lowest BCUT2D eigenvalue weighted by atomic mass is 10.1. The number of anilines is 1. The van der Waals surface area contributed by atoms with Gasteiger partial charge in [-0.15, -0.1) is 0 Å². The molecule has 0 aliphatic heterocycles. The summed E-state index contributed by atoms with van der Waals surface area (Å²) in [6, 6.07) is 9.13. The number of carbonyl (C=O) groups excluding carboxylic acids is 1. The second-order valence-electron chi connectivity index (χ2n) is 4.01. The number of benzene rings is 1. The maximum Gasteiger partial charge on any atom is 0.231 e. The molecule has 1 amide bonds. The minimum absolute atomic E-state index is 0.0962. The Bertz CT molecular complexity index is 534. The molecule has 0 aliphatic carbocycles. The molecule has 94 valence electrons. The van der Waals surface area contributed by atoms with Crippen LogP contribution in [0.15, 0.2) is 34.9 Å². The van der Waals surface area contributed by atoms with E-state index in [0.717, 1.165) is 11.3 Å². The van der Waals surface area contributed by atoms with Crippen LogP contribution in [0.2, 0.25) is 5.02 Å². The van der Waals surface area contributed by atoms with Crippen molar-refractivity contribution in [3.8, 4) is 0 Å². The third kappa shape index (κ3) is 3.60. The maximum absolute atomic E-state index is 11.6. The van der Waals surface area contributed by atoms with E-state index in [9.17, 15) is 4.79 Å². The highest BCUT2D eigenvalue weighted by Crippen LogP contribution is 2.12. The van der Waals surface area contributed by atoms with Crippen molar-refractivity contribution in [2.24, 2.45) is 0 Å². The summed E-state index contributed by atoms with van der Waals surface area (Å²) in [4.78, 5) is 11.6. The molecule has 5 heteroatoms. The van der Waals surface area contributed by atoms with Gasteiger partial charge >= 0.3 is 0 Å². The lowest BCUT2D eigenvalue weighted by Crippen LogP contribution is -2.11. The average Bonchev–Trinajstić information content (AvgIpc) is 2.74. The molecular weight excluding hydrogens is 252 g/mol. The summed E-state index contributed by atoms with van der Waals surface area (Å²) in [6.45, 7) is 1.80. The number of aromatic nitrogens is 1. The molecule has 0 bridgehead atoms. The number of nitrogens with zero attached hydrogens (tertiary/aromatic N) is 1. The molecule has 2 aromatic rings. The van der Waals surface area contributed by atoms with Crippen molar-refractivity contribution >= 4 is 23.4 Å². The van der Waals surface area contributed by atoms with Crippen LogP contribution in [-0.4, -0.2) is 11.1 Å². The Balaban J connectivity index is 1.83. The molecule has 1 N–H and O–H groups in total. The topological polar surface area (TPSA) is 55.1 Å². The predicted molar refractivity (Wildman–Crippen MR) is 69.6 cm³/mol. The lowest BCUT2D eigenvalue weighted by Gasteiger charge is -2.02. The smallest absolute Gasteiger partial charge is 0.231 e. The van der Waals surface area contributed by atoms with Crippen LogP contribution in [0.3, 0.4) is 0 Å². The Morgan fingerprint density at radius 3 is 2.72 bits per heavy atom. The first kappa shape index (κ1) is 12.6. The Kier molecular flexibility index (Phi) is 3.99. The van der Waals surface area contributed by atoms with Gasteiger partial charge in [0.25, 0.3) is 0 Å². The van der Waals surface area contributed by atoms with Gasteiger partial charge in [-0.05, 0) is 31.0 Å². The normalized spacial score (nSPS) is 10.3. The van der Waals surface area contributed by atoms with Gasteiger partial charge in [0.2, 0.25) is 11.8 Å². The van der Waals surface area contributed by atoms with E-state index in [1.807, 2.05) is 24.3 Å². The van der Waals surface area contributed by atoms with Crippen LogP contribution in [0, 0.1) is 6.92 Å². The third-order valence-electron chi connectivity index (χ3n) is 2.44. The van der Waals surface area contributed by atoms with Crippen molar-refractivity contribution in [2.75, 3.05) is 5.32 Å². The molecule has 18 heavy (non-hydrogen) atoms. The molecule has 0 spiro atoms. The SMILES string of the molecule is Cc1cc(NC(=O)CCc2ccc(Cl)cc2)on1. The largest absolute Gasteiger partial charge is 0.338 e. The van der Waals surface area contributed by atoms with Crippen LogP contribution < -0.4 is 5.32 Å². The molecule has 2 rings (SSSR count). The fourth-order valence-corrected chi connectivity index (χ4v) is 1.66. The molecule has 0 unspecified atom stereocenters. The maximum atomic E-state index is 11.6. The van der Waals surface area contributed by atoms with Crippen LogP contribution in [0.1, 0.15) is 17.7 Å². The molecule has 0 fully saturated rings. The molecular formula is C13H13ClN2O2. The zero-order valence-corrected chi connectivity index (χ0v) is 10.7. The number of amides is 1. The Morgan fingerprint density at radius 2 is 2.11 bits per heavy atom. The molecule has 0 aliphatic rings. The van der Waals surface area contributed by atoms with Crippen LogP contribution in [0.25, 0.3) is 0 Å². The number of carbonyl (C=O) groups is 1. The number of aryl methyl sites for hydroxylation is 2. The van der Waals surface area contributed by atoms with Gasteiger partial charge in [0.1, 0.15) is 0 Å². The van der Waals surface area contributed by atoms with E-state index in [1.165, 1.54) is 0 Å². The Hall–Kier alpha value is -1.81. The number of nitrogens with one attached hydrogen (secondary N) is 1. The standard InChI is InChI=1S/C13H13ClN2O2/c1-9-8-13(18-16-9)15-12(17)7-4-10-2-5-11(14)6-3-10/h2-3,5-6,8H,4,7H2,1H3,(H,15,17). The van der Waals surface area contributed by atoms with Crippen LogP contribution >= 0.6 is 11.6 Å². The summed E-state index contributed by atoms with van der Waals surface area (Å²) in [6.07, 6.45) is 1.05. The van der Waals surface area contributed by atoms with E-state index in [2.05, 4.69) is 10.5 Å². The molecule has 0 radical (unpaired) electrons. The first-order chi connectivity index (χ1) is 8.63. The van der Waals surface area contributed by atoms with Crippen LogP contribution in [0.4, 0.5) is 5.88 Å². The van der Waals surface area contributed by atoms with Gasteiger partial charge in [0, 0.05) is 17.5 Å². The fraction of sp³-hybridized carbons (Fsp3) is 0.231. The van der Waals surface area contributed by atoms with E-state index in [-0.39, 0.29) is 5.91 Å². The number of hydrogen-bond acceptors (Lipinski definition) is 3. The molecule has 0 atom stereocenters. The van der Waals surface area contributed by atoms with Gasteiger partial charge in [0.15, 0.2) is 0 Å². The third-order valence-corrected chi connectivity index (χ3v) is 2.70. The van der Waals surface area contributed by atoms with Crippen molar-refractivity contribution in [3.63, 3.8) is 0 Å². The minimum atomic E-state index is -0.0962. The number of halogens is 1. The Morgan fingerprint density at radius 1 is 1.39 bits per heavy atom. The van der Waals surface area contributed by atoms with Gasteiger partial charge < -0.3 is 4.52 Å². The zero-order chi connectivity index (χ0) is 13.0. The molecule has 4 nitrogen and oxygen atoms in total. The second-order valence-corrected chi connectivity index (χ2v) is 4.44. The van der Waals surface area contributed by atoms with Crippen molar-refractivity contribution in [2.45, 2.75) is 19.8 Å². The molecule has 1 aromatic carbocycles. The zero-order valence-electron chi connectivity index (χ0n) is 9.94. The monoisotopic (exact) mass is 264 g/mol. The highest BCUT2D eigenvalue weighted by atomic mass is 35.5. The summed E-state index contributed by atoms with van der Waals surface area (Å²) in [5.74, 6) is 0.287. The molecule has 0 saturated heterocycles. The van der Waals surface area contributed by atoms with Crippen molar-refractivity contribution in [1.82, 2.24) is 5.16 Å². The van der Waals surface area contributed by atoms with Crippen LogP contribution in [0.5, 0.6) is 0 Å². The summed E-state index contributed by atoms with van der Waals surface area (Å²) >= 11 is 5.79. The van der Waals surface area contributed by atoms with Crippen molar-refractivity contribution < 1.29 is 9.32 Å². The summed E-state index contributed by atoms with van der Waals surface area (Å²) in [5, 5.41) is 7.04. The predicted octanol–water partition coefficient (Wildman–Crippen LogP) is 3.21. The quantitative estimate of drug-likeness (QED) is 0.923. The summed E-state index contributed by atoms with van der Waals surface area (Å²) < 4.78 is 4.90. The van der Waals surface area contributed by atoms with E-state index in [4.69, 9.17) is 16.1 Å². The molecule has 1 aromatic heterocycles. The fourth-order valence-electron chi connectivity index (χ4n) is 1.53. The van der Waals surface area contributed by atoms with Gasteiger partial charge in [-0.1, -0.05) is 28.9 Å².